The second-order valence-electron chi connectivity index (χ2n) is 19.8. The van der Waals surface area contributed by atoms with Crippen molar-refractivity contribution in [2.75, 3.05) is 0 Å². The molecule has 0 radical (unpaired) electrons. The van der Waals surface area contributed by atoms with Crippen LogP contribution in [0, 0.1) is 0 Å². The minimum atomic E-state index is -0.659. The van der Waals surface area contributed by atoms with Crippen LogP contribution in [0.15, 0.2) is 215 Å². The highest BCUT2D eigenvalue weighted by atomic mass is 127. The number of nitrogens with two attached hydrogens (primary N) is 2. The maximum absolute atomic E-state index is 6.89. The molecule has 1 unspecified atom stereocenters. The molecule has 7 aromatic carbocycles. The molecule has 0 amide bonds. The van der Waals surface area contributed by atoms with Crippen molar-refractivity contribution in [3.63, 3.8) is 0 Å². The second-order valence-corrected chi connectivity index (χ2v) is 21.8. The lowest BCUT2D eigenvalue weighted by Gasteiger charge is -2.33. The predicted octanol–water partition coefficient (Wildman–Crippen LogP) is 16.5. The summed E-state index contributed by atoms with van der Waals surface area (Å²) in [5, 5.41) is 5.14. The summed E-state index contributed by atoms with van der Waals surface area (Å²) in [7, 11) is 0. The maximum Gasteiger partial charge on any atom is 0.0979 e. The van der Waals surface area contributed by atoms with Crippen molar-refractivity contribution in [1.29, 1.82) is 0 Å². The van der Waals surface area contributed by atoms with Gasteiger partial charge in [0.2, 0.25) is 0 Å². The van der Waals surface area contributed by atoms with Crippen LogP contribution in [-0.4, -0.2) is 19.9 Å². The van der Waals surface area contributed by atoms with E-state index in [1.165, 1.54) is 64.8 Å². The minimum Gasteiger partial charge on any atom is -0.405 e. The van der Waals surface area contributed by atoms with Crippen LogP contribution in [0.25, 0.3) is 99.2 Å². The molecule has 75 heavy (non-hydrogen) atoms. The van der Waals surface area contributed by atoms with Crippen LogP contribution in [0.5, 0.6) is 0 Å². The van der Waals surface area contributed by atoms with Gasteiger partial charge in [0.15, 0.2) is 0 Å². The van der Waals surface area contributed by atoms with Gasteiger partial charge < -0.3 is 11.5 Å². The number of benzene rings is 7. The zero-order chi connectivity index (χ0) is 50.5. The van der Waals surface area contributed by atoms with Gasteiger partial charge in [0.05, 0.1) is 32.9 Å². The fraction of sp³-hybridized carbons (Fsp3) is 0.0606. The normalized spacial score (nSPS) is 16.6. The molecule has 4 heterocycles. The van der Waals surface area contributed by atoms with Gasteiger partial charge in [-0.1, -0.05) is 127 Å². The van der Waals surface area contributed by atoms with Crippen molar-refractivity contribution in [2.45, 2.75) is 24.2 Å². The Morgan fingerprint density at radius 2 is 0.973 bits per heavy atom. The van der Waals surface area contributed by atoms with E-state index in [2.05, 4.69) is 173 Å². The molecule has 356 valence electrons. The number of pyridine rings is 4. The molecule has 0 saturated heterocycles. The van der Waals surface area contributed by atoms with Gasteiger partial charge in [0.1, 0.15) is 0 Å². The summed E-state index contributed by atoms with van der Waals surface area (Å²) in [5.74, 6) is 0. The predicted molar refractivity (Wildman–Crippen MR) is 316 cm³/mol. The molecule has 4 N–H and O–H groups in total. The van der Waals surface area contributed by atoms with E-state index in [4.69, 9.17) is 44.6 Å². The first-order chi connectivity index (χ1) is 36.8. The number of halogens is 3. The Morgan fingerprint density at radius 1 is 0.480 bits per heavy atom. The number of hydrogen-bond acceptors (Lipinski definition) is 6. The summed E-state index contributed by atoms with van der Waals surface area (Å²) < 4.78 is 1.18. The SMILES string of the molecule is CCC1=C(/C=C\N)C2(C(/C=C\N)=C1I)c1ccccc1-c1ccc(-c3c4ccc(Cl)cc4nc4c3ccc3c(-c5ccc6c(c5)-c5ccccc5C65c6ccncc6-c6cnccc65)c5ccc(Cl)cc5nc34)cc12. The largest absolute Gasteiger partial charge is 0.405 e. The molecule has 0 aliphatic heterocycles. The van der Waals surface area contributed by atoms with Crippen LogP contribution >= 0.6 is 45.8 Å². The summed E-state index contributed by atoms with van der Waals surface area (Å²) in [4.78, 5) is 20.2. The number of hydrogen-bond donors (Lipinski definition) is 2. The van der Waals surface area contributed by atoms with Gasteiger partial charge in [0, 0.05) is 82.2 Å². The number of aromatic nitrogens is 4. The average molecular weight is 1120 g/mol. The van der Waals surface area contributed by atoms with E-state index >= 15 is 0 Å². The summed E-state index contributed by atoms with van der Waals surface area (Å²) in [6.45, 7) is 2.21. The van der Waals surface area contributed by atoms with Crippen molar-refractivity contribution >= 4 is 89.4 Å². The Hall–Kier alpha value is -7.95. The quantitative estimate of drug-likeness (QED) is 0.101. The van der Waals surface area contributed by atoms with Crippen molar-refractivity contribution in [3.05, 3.63) is 259 Å². The van der Waals surface area contributed by atoms with Gasteiger partial charge in [-0.3, -0.25) is 9.97 Å². The standard InChI is InChI=1S/C66H41Cl2IN6/c1-2-39-53(21-25-70)66(56(22-26-71)62(39)69)50-9-5-3-7-40(50)42-15-11-36(30-57(42)66)61-44-17-14-38(68)32-59(44)75-64-46(61)19-18-45-60(43-16-13-37(67)31-58(43)74-63(45)64)35-12-20-52-47(29-35)41-8-4-6-10-51(41)65(52)54-23-27-72-33-48(54)49-34-73-28-24-55(49)65/h3-34H,2,70-71H2,1H3/b25-21-,26-22-. The van der Waals surface area contributed by atoms with Gasteiger partial charge >= 0.3 is 0 Å². The third-order valence-electron chi connectivity index (χ3n) is 16.5. The summed E-state index contributed by atoms with van der Waals surface area (Å²) in [6, 6.07) is 52.5. The van der Waals surface area contributed by atoms with Gasteiger partial charge in [0.25, 0.3) is 0 Å². The fourth-order valence-electron chi connectivity index (χ4n) is 13.8. The van der Waals surface area contributed by atoms with E-state index in [1.807, 2.05) is 49.1 Å². The maximum atomic E-state index is 6.89. The molecular formula is C66H41Cl2IN6. The van der Waals surface area contributed by atoms with Crippen molar-refractivity contribution < 1.29 is 0 Å². The van der Waals surface area contributed by atoms with E-state index in [0.717, 1.165) is 94.6 Å². The monoisotopic (exact) mass is 1110 g/mol. The van der Waals surface area contributed by atoms with Gasteiger partial charge in [-0.05, 0) is 186 Å². The lowest BCUT2D eigenvalue weighted by molar-refractivity contribution is 0.776. The molecule has 0 bridgehead atoms. The molecular weight excluding hydrogens is 1070 g/mol. The Kier molecular flexibility index (Phi) is 9.66. The molecule has 4 aliphatic rings. The second kappa shape index (κ2) is 16.3. The van der Waals surface area contributed by atoms with Crippen LogP contribution in [0.4, 0.5) is 0 Å². The highest BCUT2D eigenvalue weighted by Crippen LogP contribution is 2.65. The molecule has 4 aliphatic carbocycles. The van der Waals surface area contributed by atoms with E-state index in [0.29, 0.717) is 10.0 Å². The van der Waals surface area contributed by atoms with Crippen molar-refractivity contribution in [1.82, 2.24) is 19.9 Å². The van der Waals surface area contributed by atoms with Gasteiger partial charge in [-0.25, -0.2) is 9.97 Å². The minimum absolute atomic E-state index is 0.526. The Bertz CT molecular complexity index is 4510. The molecule has 0 saturated carbocycles. The number of fused-ring (bicyclic) bond motifs is 20. The summed E-state index contributed by atoms with van der Waals surface area (Å²) in [6.07, 6.45) is 16.2. The zero-order valence-corrected chi connectivity index (χ0v) is 43.9. The molecule has 15 rings (SSSR count). The molecule has 2 spiro atoms. The number of rotatable bonds is 5. The first-order valence-corrected chi connectivity index (χ1v) is 26.9. The highest BCUT2D eigenvalue weighted by Gasteiger charge is 2.54. The average Bonchev–Trinajstić information content (AvgIpc) is 4.27. The topological polar surface area (TPSA) is 104 Å². The van der Waals surface area contributed by atoms with Gasteiger partial charge in [-0.2, -0.15) is 0 Å². The van der Waals surface area contributed by atoms with Gasteiger partial charge in [-0.15, -0.1) is 0 Å². The highest BCUT2D eigenvalue weighted by molar-refractivity contribution is 14.1. The molecule has 4 aromatic heterocycles. The lowest BCUT2D eigenvalue weighted by atomic mass is 9.68. The van der Waals surface area contributed by atoms with Crippen LogP contribution < -0.4 is 11.5 Å². The smallest absolute Gasteiger partial charge is 0.0979 e. The van der Waals surface area contributed by atoms with E-state index in [9.17, 15) is 0 Å². The van der Waals surface area contributed by atoms with Crippen molar-refractivity contribution in [3.8, 4) is 55.6 Å². The molecule has 9 heteroatoms. The Morgan fingerprint density at radius 3 is 1.57 bits per heavy atom. The molecule has 6 nitrogen and oxygen atoms in total. The zero-order valence-electron chi connectivity index (χ0n) is 40.3. The Balaban J connectivity index is 1.00. The third-order valence-corrected chi connectivity index (χ3v) is 18.2. The first kappa shape index (κ1) is 44.5. The number of allylic oxidation sites excluding steroid dienone is 6. The van der Waals surface area contributed by atoms with Crippen LogP contribution in [0.3, 0.4) is 0 Å². The number of nitrogens with zero attached hydrogens (tertiary/aromatic N) is 4. The van der Waals surface area contributed by atoms with E-state index in [-0.39, 0.29) is 0 Å². The first-order valence-electron chi connectivity index (χ1n) is 25.1. The van der Waals surface area contributed by atoms with E-state index < -0.39 is 10.8 Å². The summed E-state index contributed by atoms with van der Waals surface area (Å²) in [5.41, 5.74) is 36.7. The van der Waals surface area contributed by atoms with Crippen molar-refractivity contribution in [2.24, 2.45) is 11.5 Å². The molecule has 11 aromatic rings. The lowest BCUT2D eigenvalue weighted by Crippen LogP contribution is -2.28. The van der Waals surface area contributed by atoms with Crippen LogP contribution in [0.1, 0.15) is 46.7 Å². The van der Waals surface area contributed by atoms with E-state index in [1.54, 1.807) is 12.4 Å². The Labute approximate surface area is 456 Å². The fourth-order valence-corrected chi connectivity index (χ4v) is 15.4. The molecule has 0 fully saturated rings. The molecule has 1 atom stereocenters. The third kappa shape index (κ3) is 5.75. The summed E-state index contributed by atoms with van der Waals surface area (Å²) >= 11 is 16.3. The van der Waals surface area contributed by atoms with Crippen LogP contribution in [0.2, 0.25) is 10.0 Å². The van der Waals surface area contributed by atoms with Crippen LogP contribution in [-0.2, 0) is 10.8 Å².